The summed E-state index contributed by atoms with van der Waals surface area (Å²) in [4.78, 5) is 18.9. The molecule has 0 atom stereocenters. The second-order valence-electron chi connectivity index (χ2n) is 4.15. The molecule has 0 unspecified atom stereocenters. The number of carbonyl (C=O) groups is 1. The molecule has 0 amide bonds. The van der Waals surface area contributed by atoms with Crippen LogP contribution in [0.3, 0.4) is 0 Å². The standard InChI is InChI=1S/C13H13F2N3O3/c14-11(15)6-21-4-3-16-12-9-2-1-8(13(19)20)5-10(9)17-7-18-12/h1-2,5,7,11H,3-4,6H2,(H,19,20)(H,16,17,18). The highest BCUT2D eigenvalue weighted by Crippen LogP contribution is 2.20. The molecule has 0 radical (unpaired) electrons. The summed E-state index contributed by atoms with van der Waals surface area (Å²) in [6.45, 7) is -0.184. The fourth-order valence-electron chi connectivity index (χ4n) is 1.74. The number of nitrogens with one attached hydrogen (secondary N) is 1. The first-order valence-electron chi connectivity index (χ1n) is 6.15. The van der Waals surface area contributed by atoms with Gasteiger partial charge in [0.15, 0.2) is 0 Å². The van der Waals surface area contributed by atoms with Gasteiger partial charge >= 0.3 is 5.97 Å². The van der Waals surface area contributed by atoms with E-state index in [0.717, 1.165) is 0 Å². The number of aromatic carboxylic acids is 1. The lowest BCUT2D eigenvalue weighted by Gasteiger charge is -2.09. The molecule has 6 nitrogen and oxygen atoms in total. The first kappa shape index (κ1) is 15.0. The third kappa shape index (κ3) is 4.06. The average molecular weight is 297 g/mol. The molecule has 0 spiro atoms. The van der Waals surface area contributed by atoms with Gasteiger partial charge in [0.05, 0.1) is 17.7 Å². The SMILES string of the molecule is O=C(O)c1ccc2c(NCCOCC(F)F)ncnc2c1. The van der Waals surface area contributed by atoms with Gasteiger partial charge in [0.1, 0.15) is 18.8 Å². The lowest BCUT2D eigenvalue weighted by atomic mass is 10.1. The first-order valence-corrected chi connectivity index (χ1v) is 6.15. The zero-order valence-corrected chi connectivity index (χ0v) is 10.9. The summed E-state index contributed by atoms with van der Waals surface area (Å²) in [7, 11) is 0. The molecule has 2 N–H and O–H groups in total. The van der Waals surface area contributed by atoms with E-state index in [1.807, 2.05) is 0 Å². The molecule has 0 aliphatic rings. The van der Waals surface area contributed by atoms with Crippen molar-refractivity contribution >= 4 is 22.7 Å². The highest BCUT2D eigenvalue weighted by atomic mass is 19.3. The normalized spacial score (nSPS) is 11.0. The lowest BCUT2D eigenvalue weighted by molar-refractivity contribution is 0.0215. The van der Waals surface area contributed by atoms with E-state index in [2.05, 4.69) is 15.3 Å². The maximum absolute atomic E-state index is 11.9. The molecule has 0 saturated heterocycles. The van der Waals surface area contributed by atoms with Crippen molar-refractivity contribution in [2.24, 2.45) is 0 Å². The second-order valence-corrected chi connectivity index (χ2v) is 4.15. The summed E-state index contributed by atoms with van der Waals surface area (Å²) in [5.41, 5.74) is 0.619. The van der Waals surface area contributed by atoms with E-state index in [4.69, 9.17) is 9.84 Å². The minimum absolute atomic E-state index is 0.114. The predicted molar refractivity (Wildman–Crippen MR) is 71.8 cm³/mol. The third-order valence-electron chi connectivity index (χ3n) is 2.67. The van der Waals surface area contributed by atoms with Crippen LogP contribution < -0.4 is 5.32 Å². The summed E-state index contributed by atoms with van der Waals surface area (Å²) in [6, 6.07) is 4.49. The van der Waals surface area contributed by atoms with Crippen LogP contribution in [0.2, 0.25) is 0 Å². The Balaban J connectivity index is 2.05. The Hall–Kier alpha value is -2.35. The lowest BCUT2D eigenvalue weighted by Crippen LogP contribution is -2.14. The Kier molecular flexibility index (Phi) is 4.94. The summed E-state index contributed by atoms with van der Waals surface area (Å²) in [6.07, 6.45) is -1.18. The minimum atomic E-state index is -2.49. The molecule has 2 aromatic rings. The van der Waals surface area contributed by atoms with Crippen molar-refractivity contribution in [1.82, 2.24) is 9.97 Å². The number of carboxylic acids is 1. The van der Waals surface area contributed by atoms with Gasteiger partial charge in [-0.25, -0.2) is 23.5 Å². The van der Waals surface area contributed by atoms with Gasteiger partial charge in [-0.05, 0) is 18.2 Å². The maximum atomic E-state index is 11.9. The molecular weight excluding hydrogens is 284 g/mol. The fourth-order valence-corrected chi connectivity index (χ4v) is 1.74. The van der Waals surface area contributed by atoms with Crippen LogP contribution in [0.15, 0.2) is 24.5 Å². The Morgan fingerprint density at radius 2 is 2.19 bits per heavy atom. The van der Waals surface area contributed by atoms with Crippen LogP contribution in [0.5, 0.6) is 0 Å². The number of nitrogens with zero attached hydrogens (tertiary/aromatic N) is 2. The van der Waals surface area contributed by atoms with E-state index in [0.29, 0.717) is 23.3 Å². The van der Waals surface area contributed by atoms with Gasteiger partial charge in [-0.2, -0.15) is 0 Å². The molecule has 8 heteroatoms. The number of aromatic nitrogens is 2. The zero-order valence-electron chi connectivity index (χ0n) is 10.9. The number of halogens is 2. The molecule has 0 fully saturated rings. The number of carboxylic acid groups (broad SMARTS) is 1. The molecular formula is C13H13F2N3O3. The second kappa shape index (κ2) is 6.89. The van der Waals surface area contributed by atoms with E-state index in [-0.39, 0.29) is 12.2 Å². The molecule has 112 valence electrons. The Morgan fingerprint density at radius 1 is 1.38 bits per heavy atom. The van der Waals surface area contributed by atoms with Crippen molar-refractivity contribution in [3.8, 4) is 0 Å². The predicted octanol–water partition coefficient (Wildman–Crippen LogP) is 2.02. The van der Waals surface area contributed by atoms with Crippen LogP contribution >= 0.6 is 0 Å². The van der Waals surface area contributed by atoms with Crippen LogP contribution in [0, 0.1) is 0 Å². The number of benzene rings is 1. The van der Waals surface area contributed by atoms with E-state index in [1.54, 1.807) is 6.07 Å². The van der Waals surface area contributed by atoms with E-state index < -0.39 is 19.0 Å². The summed E-state index contributed by atoms with van der Waals surface area (Å²) in [5, 5.41) is 12.5. The number of anilines is 1. The maximum Gasteiger partial charge on any atom is 0.335 e. The van der Waals surface area contributed by atoms with Crippen LogP contribution in [0.1, 0.15) is 10.4 Å². The van der Waals surface area contributed by atoms with Crippen molar-refractivity contribution in [1.29, 1.82) is 0 Å². The number of rotatable bonds is 7. The number of hydrogen-bond donors (Lipinski definition) is 2. The van der Waals surface area contributed by atoms with Crippen LogP contribution in [-0.2, 0) is 4.74 Å². The highest BCUT2D eigenvalue weighted by Gasteiger charge is 2.08. The number of hydrogen-bond acceptors (Lipinski definition) is 5. The Labute approximate surface area is 118 Å². The molecule has 0 aliphatic heterocycles. The van der Waals surface area contributed by atoms with Gasteiger partial charge in [0.25, 0.3) is 6.43 Å². The topological polar surface area (TPSA) is 84.3 Å². The molecule has 1 heterocycles. The third-order valence-corrected chi connectivity index (χ3v) is 2.67. The molecule has 0 bridgehead atoms. The molecule has 2 rings (SSSR count). The van der Waals surface area contributed by atoms with Crippen molar-refractivity contribution in [3.05, 3.63) is 30.1 Å². The van der Waals surface area contributed by atoms with E-state index in [1.165, 1.54) is 18.5 Å². The fraction of sp³-hybridized carbons (Fsp3) is 0.308. The van der Waals surface area contributed by atoms with Crippen molar-refractivity contribution < 1.29 is 23.4 Å². The summed E-state index contributed by atoms with van der Waals surface area (Å²) < 4.78 is 28.5. The van der Waals surface area contributed by atoms with Crippen LogP contribution in [0.4, 0.5) is 14.6 Å². The quantitative estimate of drug-likeness (QED) is 0.761. The van der Waals surface area contributed by atoms with Gasteiger partial charge in [0, 0.05) is 11.9 Å². The van der Waals surface area contributed by atoms with Crippen molar-refractivity contribution in [2.45, 2.75) is 6.43 Å². The Bertz CT molecular complexity index is 637. The molecule has 0 saturated carbocycles. The van der Waals surface area contributed by atoms with Crippen molar-refractivity contribution in [2.75, 3.05) is 25.1 Å². The Morgan fingerprint density at radius 3 is 2.90 bits per heavy atom. The van der Waals surface area contributed by atoms with Gasteiger partial charge in [-0.1, -0.05) is 0 Å². The smallest absolute Gasteiger partial charge is 0.335 e. The highest BCUT2D eigenvalue weighted by molar-refractivity contribution is 5.96. The van der Waals surface area contributed by atoms with Gasteiger partial charge in [-0.15, -0.1) is 0 Å². The number of alkyl halides is 2. The van der Waals surface area contributed by atoms with Gasteiger partial charge in [-0.3, -0.25) is 0 Å². The first-order chi connectivity index (χ1) is 10.1. The zero-order chi connectivity index (χ0) is 15.2. The van der Waals surface area contributed by atoms with Gasteiger partial charge in [0.2, 0.25) is 0 Å². The van der Waals surface area contributed by atoms with Crippen LogP contribution in [-0.4, -0.2) is 47.2 Å². The van der Waals surface area contributed by atoms with E-state index in [9.17, 15) is 13.6 Å². The number of fused-ring (bicyclic) bond motifs is 1. The summed E-state index contributed by atoms with van der Waals surface area (Å²) in [5.74, 6) is -0.539. The molecule has 0 aliphatic carbocycles. The summed E-state index contributed by atoms with van der Waals surface area (Å²) >= 11 is 0. The monoisotopic (exact) mass is 297 g/mol. The minimum Gasteiger partial charge on any atom is -0.478 e. The molecule has 1 aromatic carbocycles. The molecule has 21 heavy (non-hydrogen) atoms. The van der Waals surface area contributed by atoms with Crippen LogP contribution in [0.25, 0.3) is 10.9 Å². The number of ether oxygens (including phenoxy) is 1. The van der Waals surface area contributed by atoms with E-state index >= 15 is 0 Å². The van der Waals surface area contributed by atoms with Gasteiger partial charge < -0.3 is 15.2 Å². The largest absolute Gasteiger partial charge is 0.478 e. The average Bonchev–Trinajstić information content (AvgIpc) is 2.46. The van der Waals surface area contributed by atoms with Crippen molar-refractivity contribution in [3.63, 3.8) is 0 Å². The molecule has 1 aromatic heterocycles.